The molecule has 1 aliphatic rings. The lowest BCUT2D eigenvalue weighted by atomic mass is 9.96. The lowest BCUT2D eigenvalue weighted by Crippen LogP contribution is -2.28. The van der Waals surface area contributed by atoms with Crippen LogP contribution in [0, 0.1) is 6.92 Å². The highest BCUT2D eigenvalue weighted by Crippen LogP contribution is 2.27. The van der Waals surface area contributed by atoms with Crippen LogP contribution in [-0.2, 0) is 7.05 Å². The van der Waals surface area contributed by atoms with Gasteiger partial charge in [0.05, 0.1) is 5.69 Å². The fourth-order valence-electron chi connectivity index (χ4n) is 2.34. The van der Waals surface area contributed by atoms with E-state index >= 15 is 0 Å². The van der Waals surface area contributed by atoms with Crippen molar-refractivity contribution in [3.63, 3.8) is 0 Å². The number of likely N-dealkylation sites (tertiary alicyclic amines) is 1. The van der Waals surface area contributed by atoms with Gasteiger partial charge in [-0.1, -0.05) is 0 Å². The number of aromatic nitrogens is 2. The van der Waals surface area contributed by atoms with Gasteiger partial charge in [-0.05, 0) is 19.5 Å². The van der Waals surface area contributed by atoms with E-state index < -0.39 is 0 Å². The van der Waals surface area contributed by atoms with E-state index in [0.717, 1.165) is 18.8 Å². The van der Waals surface area contributed by atoms with Crippen molar-refractivity contribution >= 4 is 0 Å². The van der Waals surface area contributed by atoms with Gasteiger partial charge in [-0.2, -0.15) is 5.10 Å². The molecule has 0 saturated carbocycles. The Bertz CT molecular complexity index is 331. The molecule has 0 amide bonds. The minimum Gasteiger partial charge on any atom is -0.326 e. The fraction of sp³-hybridized carbons (Fsp3) is 0.700. The maximum Gasteiger partial charge on any atom is 0.0629 e. The van der Waals surface area contributed by atoms with Crippen LogP contribution >= 0.6 is 0 Å². The Morgan fingerprint density at radius 3 is 2.57 bits per heavy atom. The van der Waals surface area contributed by atoms with Crippen molar-refractivity contribution < 1.29 is 0 Å². The summed E-state index contributed by atoms with van der Waals surface area (Å²) in [5.41, 5.74) is 8.52. The normalized spacial score (nSPS) is 28.6. The van der Waals surface area contributed by atoms with E-state index in [1.54, 1.807) is 0 Å². The van der Waals surface area contributed by atoms with Gasteiger partial charge in [-0.25, -0.2) is 0 Å². The van der Waals surface area contributed by atoms with Crippen molar-refractivity contribution in [2.75, 3.05) is 20.1 Å². The first-order valence-electron chi connectivity index (χ1n) is 5.02. The minimum atomic E-state index is 0.253. The molecule has 0 unspecified atom stereocenters. The van der Waals surface area contributed by atoms with Crippen LogP contribution in [0.4, 0.5) is 0 Å². The standard InChI is InChI=1S/C10H18N4/c1-7-8(5-14(3)12-7)9-4-13(2)6-10(9)11/h5,9-10H,4,6,11H2,1-3H3/t9-,10+/m1/s1. The monoisotopic (exact) mass is 194 g/mol. The van der Waals surface area contributed by atoms with E-state index in [1.165, 1.54) is 5.56 Å². The van der Waals surface area contributed by atoms with Gasteiger partial charge >= 0.3 is 0 Å². The molecule has 1 saturated heterocycles. The van der Waals surface area contributed by atoms with Crippen LogP contribution in [0.5, 0.6) is 0 Å². The highest BCUT2D eigenvalue weighted by molar-refractivity contribution is 5.24. The summed E-state index contributed by atoms with van der Waals surface area (Å²) in [6.45, 7) is 4.09. The van der Waals surface area contributed by atoms with E-state index in [4.69, 9.17) is 5.73 Å². The predicted molar refractivity (Wildman–Crippen MR) is 56.2 cm³/mol. The molecule has 0 bridgehead atoms. The molecule has 4 nitrogen and oxygen atoms in total. The number of rotatable bonds is 1. The van der Waals surface area contributed by atoms with E-state index in [1.807, 2.05) is 11.7 Å². The van der Waals surface area contributed by atoms with Gasteiger partial charge in [-0.15, -0.1) is 0 Å². The molecular weight excluding hydrogens is 176 g/mol. The fourth-order valence-corrected chi connectivity index (χ4v) is 2.34. The first-order valence-corrected chi connectivity index (χ1v) is 5.02. The number of likely N-dealkylation sites (N-methyl/N-ethyl adjacent to an activating group) is 1. The van der Waals surface area contributed by atoms with Crippen LogP contribution in [0.25, 0.3) is 0 Å². The maximum atomic E-state index is 6.10. The molecule has 0 aliphatic carbocycles. The third-order valence-corrected chi connectivity index (χ3v) is 3.00. The second-order valence-corrected chi connectivity index (χ2v) is 4.34. The van der Waals surface area contributed by atoms with Crippen LogP contribution in [0.2, 0.25) is 0 Å². The zero-order valence-corrected chi connectivity index (χ0v) is 9.07. The highest BCUT2D eigenvalue weighted by Gasteiger charge is 2.31. The number of nitrogens with two attached hydrogens (primary N) is 1. The molecule has 1 aliphatic heterocycles. The Morgan fingerprint density at radius 1 is 1.43 bits per heavy atom. The largest absolute Gasteiger partial charge is 0.326 e. The van der Waals surface area contributed by atoms with E-state index in [0.29, 0.717) is 5.92 Å². The second kappa shape index (κ2) is 3.37. The van der Waals surface area contributed by atoms with Gasteiger partial charge in [0.15, 0.2) is 0 Å². The number of aryl methyl sites for hydroxylation is 2. The van der Waals surface area contributed by atoms with Crippen molar-refractivity contribution in [1.29, 1.82) is 0 Å². The molecule has 0 spiro atoms. The molecule has 4 heteroatoms. The van der Waals surface area contributed by atoms with Gasteiger partial charge in [-0.3, -0.25) is 4.68 Å². The molecule has 0 radical (unpaired) electrons. The van der Waals surface area contributed by atoms with Crippen molar-refractivity contribution in [3.05, 3.63) is 17.5 Å². The smallest absolute Gasteiger partial charge is 0.0629 e. The molecule has 1 aromatic rings. The van der Waals surface area contributed by atoms with Crippen LogP contribution in [0.1, 0.15) is 17.2 Å². The van der Waals surface area contributed by atoms with Crippen molar-refractivity contribution in [2.24, 2.45) is 12.8 Å². The number of nitrogens with zero attached hydrogens (tertiary/aromatic N) is 3. The quantitative estimate of drug-likeness (QED) is 0.689. The van der Waals surface area contributed by atoms with Gasteiger partial charge < -0.3 is 10.6 Å². The number of hydrogen-bond donors (Lipinski definition) is 1. The van der Waals surface area contributed by atoms with Crippen molar-refractivity contribution in [1.82, 2.24) is 14.7 Å². The Balaban J connectivity index is 2.26. The first-order chi connectivity index (χ1) is 6.58. The summed E-state index contributed by atoms with van der Waals surface area (Å²) in [6.07, 6.45) is 2.10. The molecule has 2 atom stereocenters. The van der Waals surface area contributed by atoms with E-state index in [2.05, 4.69) is 30.2 Å². The first kappa shape index (κ1) is 9.68. The molecule has 2 heterocycles. The predicted octanol–water partition coefficient (Wildman–Crippen LogP) is 0.0848. The van der Waals surface area contributed by atoms with Crippen LogP contribution in [0.15, 0.2) is 6.20 Å². The molecule has 1 aromatic heterocycles. The molecule has 14 heavy (non-hydrogen) atoms. The molecule has 1 fully saturated rings. The lowest BCUT2D eigenvalue weighted by molar-refractivity contribution is 0.407. The topological polar surface area (TPSA) is 47.1 Å². The van der Waals surface area contributed by atoms with E-state index in [-0.39, 0.29) is 6.04 Å². The molecule has 2 N–H and O–H groups in total. The Hall–Kier alpha value is -0.870. The second-order valence-electron chi connectivity index (χ2n) is 4.34. The lowest BCUT2D eigenvalue weighted by Gasteiger charge is -2.12. The molecule has 2 rings (SSSR count). The summed E-state index contributed by atoms with van der Waals surface area (Å²) in [5, 5.41) is 4.36. The minimum absolute atomic E-state index is 0.253. The Morgan fingerprint density at radius 2 is 2.14 bits per heavy atom. The van der Waals surface area contributed by atoms with Gasteiger partial charge in [0, 0.05) is 38.3 Å². The van der Waals surface area contributed by atoms with Crippen LogP contribution in [0.3, 0.4) is 0 Å². The highest BCUT2D eigenvalue weighted by atomic mass is 15.3. The average molecular weight is 194 g/mol. The Kier molecular flexibility index (Phi) is 2.33. The summed E-state index contributed by atoms with van der Waals surface area (Å²) in [5.74, 6) is 0.452. The molecule has 0 aromatic carbocycles. The summed E-state index contributed by atoms with van der Waals surface area (Å²) in [7, 11) is 4.08. The molecular formula is C10H18N4. The van der Waals surface area contributed by atoms with E-state index in [9.17, 15) is 0 Å². The number of hydrogen-bond acceptors (Lipinski definition) is 3. The van der Waals surface area contributed by atoms with Crippen LogP contribution < -0.4 is 5.73 Å². The van der Waals surface area contributed by atoms with Crippen LogP contribution in [-0.4, -0.2) is 40.9 Å². The third kappa shape index (κ3) is 1.55. The summed E-state index contributed by atoms with van der Waals surface area (Å²) in [4.78, 5) is 2.28. The van der Waals surface area contributed by atoms with Gasteiger partial charge in [0.1, 0.15) is 0 Å². The van der Waals surface area contributed by atoms with Gasteiger partial charge in [0.2, 0.25) is 0 Å². The summed E-state index contributed by atoms with van der Waals surface area (Å²) < 4.78 is 1.87. The van der Waals surface area contributed by atoms with Crippen molar-refractivity contribution in [3.8, 4) is 0 Å². The summed E-state index contributed by atoms with van der Waals surface area (Å²) in [6, 6.07) is 0.253. The van der Waals surface area contributed by atoms with Gasteiger partial charge in [0.25, 0.3) is 0 Å². The maximum absolute atomic E-state index is 6.10. The zero-order valence-electron chi connectivity index (χ0n) is 9.07. The third-order valence-electron chi connectivity index (χ3n) is 3.00. The average Bonchev–Trinajstić information content (AvgIpc) is 2.55. The van der Waals surface area contributed by atoms with Crippen molar-refractivity contribution in [2.45, 2.75) is 18.9 Å². The SMILES string of the molecule is Cc1nn(C)cc1[C@H]1CN(C)C[C@@H]1N. The Labute approximate surface area is 84.7 Å². The zero-order chi connectivity index (χ0) is 10.3. The molecule has 78 valence electrons. The summed E-state index contributed by atoms with van der Waals surface area (Å²) >= 11 is 0.